The molecule has 0 amide bonds. The average Bonchev–Trinajstić information content (AvgIpc) is 3.09. The van der Waals surface area contributed by atoms with Gasteiger partial charge in [-0.3, -0.25) is 14.9 Å². The van der Waals surface area contributed by atoms with E-state index in [0.29, 0.717) is 12.6 Å². The summed E-state index contributed by atoms with van der Waals surface area (Å²) in [4.78, 5) is 12.9. The number of nitrogens with zero attached hydrogens (tertiary/aromatic N) is 4. The van der Waals surface area contributed by atoms with Crippen LogP contribution >= 0.6 is 24.0 Å². The summed E-state index contributed by atoms with van der Waals surface area (Å²) in [6.45, 7) is 6.07. The summed E-state index contributed by atoms with van der Waals surface area (Å²) >= 11 is 0. The first-order valence-electron chi connectivity index (χ1n) is 9.03. The number of nitrogens with one attached hydrogen (secondary N) is 2. The molecule has 10 heteroatoms. The van der Waals surface area contributed by atoms with Crippen molar-refractivity contribution in [3.8, 4) is 0 Å². The van der Waals surface area contributed by atoms with Crippen LogP contribution in [0.2, 0.25) is 0 Å². The zero-order valence-corrected chi connectivity index (χ0v) is 19.4. The van der Waals surface area contributed by atoms with Gasteiger partial charge < -0.3 is 10.2 Å². The van der Waals surface area contributed by atoms with Gasteiger partial charge in [-0.15, -0.1) is 24.0 Å². The van der Waals surface area contributed by atoms with E-state index in [4.69, 9.17) is 0 Å². The Morgan fingerprint density at radius 1 is 1.44 bits per heavy atom. The Bertz CT molecular complexity index is 686. The summed E-state index contributed by atoms with van der Waals surface area (Å²) in [6, 6.07) is 3.68. The minimum absolute atomic E-state index is 0. The number of aliphatic imine (C=N–C) groups is 1. The van der Waals surface area contributed by atoms with Crippen molar-refractivity contribution >= 4 is 40.0 Å². The molecule has 1 unspecified atom stereocenters. The smallest absolute Gasteiger partial charge is 0.242 e. The van der Waals surface area contributed by atoms with Gasteiger partial charge >= 0.3 is 0 Å². The maximum absolute atomic E-state index is 12.2. The van der Waals surface area contributed by atoms with Crippen molar-refractivity contribution in [3.05, 3.63) is 24.5 Å². The number of aromatic nitrogens is 1. The zero-order chi connectivity index (χ0) is 19.0. The van der Waals surface area contributed by atoms with Crippen molar-refractivity contribution in [1.82, 2.24) is 24.8 Å². The highest BCUT2D eigenvalue weighted by Crippen LogP contribution is 2.17. The number of hydrogen-bond acceptors (Lipinski definition) is 5. The lowest BCUT2D eigenvalue weighted by molar-refractivity contribution is 0.233. The monoisotopic (exact) mass is 510 g/mol. The Balaban J connectivity index is 0.00000364. The topological polar surface area (TPSA) is 89.9 Å². The first-order chi connectivity index (χ1) is 12.5. The third kappa shape index (κ3) is 7.16. The van der Waals surface area contributed by atoms with Crippen LogP contribution in [0.4, 0.5) is 0 Å². The first-order valence-corrected chi connectivity index (χ1v) is 10.5. The van der Waals surface area contributed by atoms with Crippen molar-refractivity contribution in [2.75, 3.05) is 46.8 Å². The van der Waals surface area contributed by atoms with Crippen LogP contribution in [0.15, 0.2) is 34.4 Å². The SMILES string of the molecule is CCN1CCCC1CN(C)C(=NC)NCCNS(=O)(=O)c1cccnc1.I. The number of hydrogen-bond donors (Lipinski definition) is 2. The number of likely N-dealkylation sites (tertiary alicyclic amines) is 1. The second-order valence-corrected chi connectivity index (χ2v) is 8.13. The fourth-order valence-corrected chi connectivity index (χ4v) is 4.25. The van der Waals surface area contributed by atoms with E-state index >= 15 is 0 Å². The highest BCUT2D eigenvalue weighted by atomic mass is 127. The predicted octanol–water partition coefficient (Wildman–Crippen LogP) is 0.969. The van der Waals surface area contributed by atoms with Crippen molar-refractivity contribution in [3.63, 3.8) is 0 Å². The number of likely N-dealkylation sites (N-methyl/N-ethyl adjacent to an activating group) is 2. The third-order valence-electron chi connectivity index (χ3n) is 4.61. The van der Waals surface area contributed by atoms with Gasteiger partial charge in [-0.25, -0.2) is 13.1 Å². The second kappa shape index (κ2) is 11.8. The van der Waals surface area contributed by atoms with E-state index in [9.17, 15) is 8.42 Å². The van der Waals surface area contributed by atoms with Crippen molar-refractivity contribution < 1.29 is 8.42 Å². The Morgan fingerprint density at radius 3 is 2.85 bits per heavy atom. The summed E-state index contributed by atoms with van der Waals surface area (Å²) in [5.74, 6) is 0.772. The Hall–Kier alpha value is -0.980. The molecular weight excluding hydrogens is 479 g/mol. The maximum Gasteiger partial charge on any atom is 0.242 e. The van der Waals surface area contributed by atoms with Gasteiger partial charge in [0.15, 0.2) is 5.96 Å². The van der Waals surface area contributed by atoms with E-state index < -0.39 is 10.0 Å². The van der Waals surface area contributed by atoms with Crippen molar-refractivity contribution in [2.45, 2.75) is 30.7 Å². The number of rotatable bonds is 8. The number of pyridine rings is 1. The van der Waals surface area contributed by atoms with Gasteiger partial charge in [-0.2, -0.15) is 0 Å². The van der Waals surface area contributed by atoms with Gasteiger partial charge in [0.25, 0.3) is 0 Å². The Labute approximate surface area is 179 Å². The molecule has 2 N–H and O–H groups in total. The highest BCUT2D eigenvalue weighted by molar-refractivity contribution is 14.0. The normalized spacial score (nSPS) is 18.2. The zero-order valence-electron chi connectivity index (χ0n) is 16.3. The minimum Gasteiger partial charge on any atom is -0.355 e. The summed E-state index contributed by atoms with van der Waals surface area (Å²) in [6.07, 6.45) is 5.34. The van der Waals surface area contributed by atoms with Crippen molar-refractivity contribution in [2.24, 2.45) is 4.99 Å². The minimum atomic E-state index is -3.53. The van der Waals surface area contributed by atoms with Crippen LogP contribution in [0.25, 0.3) is 0 Å². The summed E-state index contributed by atoms with van der Waals surface area (Å²) in [5, 5.41) is 3.21. The standard InChI is InChI=1S/C17H30N6O2S.HI/c1-4-23-12-6-7-15(23)14-22(3)17(18-2)20-10-11-21-26(24,25)16-8-5-9-19-13-16;/h5,8-9,13,15,21H,4,6-7,10-12,14H2,1-3H3,(H,18,20);1H. The van der Waals surface area contributed by atoms with Gasteiger partial charge in [0, 0.05) is 52.2 Å². The van der Waals surface area contributed by atoms with Gasteiger partial charge in [0.2, 0.25) is 10.0 Å². The molecule has 1 aromatic heterocycles. The van der Waals surface area contributed by atoms with E-state index in [2.05, 4.69) is 36.7 Å². The van der Waals surface area contributed by atoms with Crippen LogP contribution in [0.1, 0.15) is 19.8 Å². The molecule has 0 aromatic carbocycles. The molecule has 1 aliphatic rings. The molecule has 1 aromatic rings. The van der Waals surface area contributed by atoms with Crippen LogP contribution in [0, 0.1) is 0 Å². The number of guanidine groups is 1. The van der Waals surface area contributed by atoms with E-state index in [0.717, 1.165) is 25.6 Å². The third-order valence-corrected chi connectivity index (χ3v) is 6.05. The molecule has 27 heavy (non-hydrogen) atoms. The molecule has 1 fully saturated rings. The number of halogens is 1. The first kappa shape index (κ1) is 24.1. The molecule has 2 heterocycles. The van der Waals surface area contributed by atoms with Crippen LogP contribution in [-0.4, -0.2) is 82.0 Å². The van der Waals surface area contributed by atoms with Gasteiger partial charge in [-0.1, -0.05) is 6.92 Å². The average molecular weight is 510 g/mol. The molecule has 8 nitrogen and oxygen atoms in total. The van der Waals surface area contributed by atoms with Crippen LogP contribution in [0.5, 0.6) is 0 Å². The van der Waals surface area contributed by atoms with Crippen molar-refractivity contribution in [1.29, 1.82) is 0 Å². The van der Waals surface area contributed by atoms with E-state index in [-0.39, 0.29) is 35.4 Å². The molecule has 0 saturated carbocycles. The summed E-state index contributed by atoms with van der Waals surface area (Å²) in [5.41, 5.74) is 0. The quantitative estimate of drug-likeness (QED) is 0.235. The second-order valence-electron chi connectivity index (χ2n) is 6.37. The molecule has 1 atom stereocenters. The Kier molecular flexibility index (Phi) is 10.5. The van der Waals surface area contributed by atoms with Gasteiger partial charge in [-0.05, 0) is 38.1 Å². The molecule has 0 radical (unpaired) electrons. The van der Waals surface area contributed by atoms with Gasteiger partial charge in [0.05, 0.1) is 0 Å². The number of sulfonamides is 1. The summed E-state index contributed by atoms with van der Waals surface area (Å²) in [7, 11) is 0.229. The lowest BCUT2D eigenvalue weighted by Crippen LogP contribution is -2.47. The molecule has 0 aliphatic carbocycles. The lowest BCUT2D eigenvalue weighted by Gasteiger charge is -2.29. The Morgan fingerprint density at radius 2 is 2.22 bits per heavy atom. The van der Waals surface area contributed by atoms with E-state index in [1.165, 1.54) is 25.1 Å². The van der Waals surface area contributed by atoms with Crippen LogP contribution in [-0.2, 0) is 10.0 Å². The maximum atomic E-state index is 12.2. The fraction of sp³-hybridized carbons (Fsp3) is 0.647. The largest absolute Gasteiger partial charge is 0.355 e. The van der Waals surface area contributed by atoms with Crippen LogP contribution in [0.3, 0.4) is 0 Å². The van der Waals surface area contributed by atoms with E-state index in [1.807, 2.05) is 7.05 Å². The molecule has 0 bridgehead atoms. The fourth-order valence-electron chi connectivity index (χ4n) is 3.25. The predicted molar refractivity (Wildman–Crippen MR) is 119 cm³/mol. The molecule has 0 spiro atoms. The molecule has 1 saturated heterocycles. The van der Waals surface area contributed by atoms with E-state index in [1.54, 1.807) is 19.3 Å². The lowest BCUT2D eigenvalue weighted by atomic mass is 10.2. The molecule has 2 rings (SSSR count). The van der Waals surface area contributed by atoms with Crippen LogP contribution < -0.4 is 10.0 Å². The molecular formula is C17H31IN6O2S. The van der Waals surface area contributed by atoms with Gasteiger partial charge in [0.1, 0.15) is 4.90 Å². The molecule has 1 aliphatic heterocycles. The molecule has 154 valence electrons. The highest BCUT2D eigenvalue weighted by Gasteiger charge is 2.24. The summed E-state index contributed by atoms with van der Waals surface area (Å²) < 4.78 is 26.9.